The van der Waals surface area contributed by atoms with Gasteiger partial charge in [-0.25, -0.2) is 0 Å². The predicted octanol–water partition coefficient (Wildman–Crippen LogP) is 3.31. The van der Waals surface area contributed by atoms with E-state index in [1.54, 1.807) is 12.1 Å². The molecule has 70 valence electrons. The van der Waals surface area contributed by atoms with E-state index in [2.05, 4.69) is 10.6 Å². The lowest BCUT2D eigenvalue weighted by atomic mass is 10.3. The molecule has 0 saturated carbocycles. The van der Waals surface area contributed by atoms with Gasteiger partial charge in [0.15, 0.2) is 5.12 Å². The van der Waals surface area contributed by atoms with Gasteiger partial charge in [-0.1, -0.05) is 23.2 Å². The highest BCUT2D eigenvalue weighted by Crippen LogP contribution is 2.37. The summed E-state index contributed by atoms with van der Waals surface area (Å²) in [6, 6.07) is 5.47. The number of halogens is 3. The van der Waals surface area contributed by atoms with Crippen LogP contribution in [0.4, 0.5) is 11.4 Å². The number of hydrogen-bond donors (Lipinski definition) is 2. The van der Waals surface area contributed by atoms with Crippen molar-refractivity contribution in [3.05, 3.63) is 23.2 Å². The third-order valence-electron chi connectivity index (χ3n) is 1.83. The fourth-order valence-corrected chi connectivity index (χ4v) is 1.76. The molecular formula is C8H7Cl3N2. The number of alkyl halides is 2. The Balaban J connectivity index is 2.35. The van der Waals surface area contributed by atoms with Crippen LogP contribution in [0.15, 0.2) is 18.2 Å². The second-order valence-corrected chi connectivity index (χ2v) is 4.22. The second-order valence-electron chi connectivity index (χ2n) is 2.87. The Kier molecular flexibility index (Phi) is 2.22. The summed E-state index contributed by atoms with van der Waals surface area (Å²) < 4.78 is 0. The monoisotopic (exact) mass is 236 g/mol. The normalized spacial score (nSPS) is 24.8. The van der Waals surface area contributed by atoms with Crippen LogP contribution in [0, 0.1) is 0 Å². The second kappa shape index (κ2) is 3.12. The molecule has 0 saturated heterocycles. The van der Waals surface area contributed by atoms with Crippen molar-refractivity contribution in [3.8, 4) is 0 Å². The van der Waals surface area contributed by atoms with Gasteiger partial charge in [-0.3, -0.25) is 0 Å². The molecule has 0 fully saturated rings. The predicted molar refractivity (Wildman–Crippen MR) is 58.0 cm³/mol. The molecular weight excluding hydrogens is 230 g/mol. The summed E-state index contributed by atoms with van der Waals surface area (Å²) in [7, 11) is 0. The standard InChI is InChI=1S/C8H7Cl3N2/c9-4-8(11)12-6-2-1-5(10)3-7(6)13-8/h1-3,12-13H,4H2. The summed E-state index contributed by atoms with van der Waals surface area (Å²) in [5.74, 6) is 0.265. The number of benzene rings is 1. The molecule has 1 aromatic carbocycles. The van der Waals surface area contributed by atoms with Crippen LogP contribution in [0.2, 0.25) is 5.02 Å². The highest BCUT2D eigenvalue weighted by molar-refractivity contribution is 6.34. The van der Waals surface area contributed by atoms with E-state index in [9.17, 15) is 0 Å². The molecule has 1 aliphatic rings. The summed E-state index contributed by atoms with van der Waals surface area (Å²) in [6.45, 7) is 0. The Morgan fingerprint density at radius 1 is 1.23 bits per heavy atom. The van der Waals surface area contributed by atoms with Crippen molar-refractivity contribution >= 4 is 46.2 Å². The quantitative estimate of drug-likeness (QED) is 0.578. The lowest BCUT2D eigenvalue weighted by Gasteiger charge is -2.19. The van der Waals surface area contributed by atoms with Gasteiger partial charge < -0.3 is 10.6 Å². The van der Waals surface area contributed by atoms with Crippen molar-refractivity contribution in [2.45, 2.75) is 5.12 Å². The summed E-state index contributed by atoms with van der Waals surface area (Å²) in [5, 5.41) is 5.98. The Hall–Kier alpha value is -0.310. The van der Waals surface area contributed by atoms with Crippen LogP contribution in [0.5, 0.6) is 0 Å². The highest BCUT2D eigenvalue weighted by Gasteiger charge is 2.32. The highest BCUT2D eigenvalue weighted by atomic mass is 35.5. The first-order valence-electron chi connectivity index (χ1n) is 3.74. The third kappa shape index (κ3) is 1.66. The molecule has 0 aromatic heterocycles. The van der Waals surface area contributed by atoms with Gasteiger partial charge in [0.05, 0.1) is 17.3 Å². The molecule has 1 aromatic rings. The summed E-state index contributed by atoms with van der Waals surface area (Å²) in [6.07, 6.45) is 0. The van der Waals surface area contributed by atoms with Crippen LogP contribution in [-0.4, -0.2) is 11.0 Å². The molecule has 0 radical (unpaired) electrons. The van der Waals surface area contributed by atoms with E-state index < -0.39 is 5.12 Å². The van der Waals surface area contributed by atoms with Crippen LogP contribution in [0.25, 0.3) is 0 Å². The van der Waals surface area contributed by atoms with Crippen molar-refractivity contribution < 1.29 is 0 Å². The van der Waals surface area contributed by atoms with Crippen LogP contribution in [0.1, 0.15) is 0 Å². The van der Waals surface area contributed by atoms with Gasteiger partial charge in [0.2, 0.25) is 0 Å². The number of anilines is 2. The zero-order chi connectivity index (χ0) is 9.47. The van der Waals surface area contributed by atoms with Crippen molar-refractivity contribution in [3.63, 3.8) is 0 Å². The van der Waals surface area contributed by atoms with Gasteiger partial charge in [-0.15, -0.1) is 11.6 Å². The topological polar surface area (TPSA) is 24.1 Å². The van der Waals surface area contributed by atoms with Gasteiger partial charge >= 0.3 is 0 Å². The summed E-state index contributed by atoms with van der Waals surface area (Å²) in [4.78, 5) is 0. The Labute approximate surface area is 91.2 Å². The fourth-order valence-electron chi connectivity index (χ4n) is 1.25. The smallest absolute Gasteiger partial charge is 0.200 e. The molecule has 13 heavy (non-hydrogen) atoms. The largest absolute Gasteiger partial charge is 0.348 e. The average molecular weight is 238 g/mol. The molecule has 5 heteroatoms. The number of fused-ring (bicyclic) bond motifs is 1. The molecule has 0 bridgehead atoms. The first kappa shape index (κ1) is 9.25. The average Bonchev–Trinajstić information content (AvgIpc) is 2.42. The Morgan fingerprint density at radius 2 is 1.92 bits per heavy atom. The van der Waals surface area contributed by atoms with Crippen molar-refractivity contribution in [1.82, 2.24) is 0 Å². The maximum Gasteiger partial charge on any atom is 0.200 e. The van der Waals surface area contributed by atoms with E-state index in [4.69, 9.17) is 34.8 Å². The van der Waals surface area contributed by atoms with Crippen LogP contribution in [-0.2, 0) is 0 Å². The molecule has 0 spiro atoms. The van der Waals surface area contributed by atoms with E-state index in [1.165, 1.54) is 0 Å². The molecule has 1 unspecified atom stereocenters. The molecule has 1 aliphatic heterocycles. The minimum absolute atomic E-state index is 0.265. The summed E-state index contributed by atoms with van der Waals surface area (Å²) >= 11 is 17.6. The van der Waals surface area contributed by atoms with E-state index in [0.29, 0.717) is 5.02 Å². The van der Waals surface area contributed by atoms with Crippen molar-refractivity contribution in [1.29, 1.82) is 0 Å². The number of rotatable bonds is 1. The van der Waals surface area contributed by atoms with Gasteiger partial charge in [0, 0.05) is 5.02 Å². The first-order chi connectivity index (χ1) is 6.13. The zero-order valence-corrected chi connectivity index (χ0v) is 8.84. The van der Waals surface area contributed by atoms with E-state index >= 15 is 0 Å². The molecule has 0 amide bonds. The minimum Gasteiger partial charge on any atom is -0.348 e. The third-order valence-corrected chi connectivity index (χ3v) is 2.93. The van der Waals surface area contributed by atoms with Crippen LogP contribution in [0.3, 0.4) is 0 Å². The fraction of sp³-hybridized carbons (Fsp3) is 0.250. The Morgan fingerprint density at radius 3 is 2.62 bits per heavy atom. The van der Waals surface area contributed by atoms with Gasteiger partial charge in [-0.05, 0) is 18.2 Å². The molecule has 2 N–H and O–H groups in total. The number of hydrogen-bond acceptors (Lipinski definition) is 2. The molecule has 2 nitrogen and oxygen atoms in total. The zero-order valence-electron chi connectivity index (χ0n) is 6.57. The lowest BCUT2D eigenvalue weighted by molar-refractivity contribution is 0.867. The molecule has 1 heterocycles. The minimum atomic E-state index is -0.783. The van der Waals surface area contributed by atoms with Crippen LogP contribution >= 0.6 is 34.8 Å². The van der Waals surface area contributed by atoms with Crippen molar-refractivity contribution in [2.24, 2.45) is 0 Å². The van der Waals surface area contributed by atoms with E-state index in [0.717, 1.165) is 11.4 Å². The molecule has 2 rings (SSSR count). The first-order valence-corrected chi connectivity index (χ1v) is 5.03. The maximum atomic E-state index is 6.08. The Bertz CT molecular complexity index is 342. The van der Waals surface area contributed by atoms with Gasteiger partial charge in [0.1, 0.15) is 0 Å². The van der Waals surface area contributed by atoms with Crippen LogP contribution < -0.4 is 10.6 Å². The van der Waals surface area contributed by atoms with E-state index in [-0.39, 0.29) is 5.88 Å². The van der Waals surface area contributed by atoms with Gasteiger partial charge in [-0.2, -0.15) is 0 Å². The molecule has 1 atom stereocenters. The summed E-state index contributed by atoms with van der Waals surface area (Å²) in [5.41, 5.74) is 1.79. The maximum absolute atomic E-state index is 6.08. The number of nitrogens with one attached hydrogen (secondary N) is 2. The lowest BCUT2D eigenvalue weighted by Crippen LogP contribution is -2.37. The van der Waals surface area contributed by atoms with Crippen molar-refractivity contribution in [2.75, 3.05) is 16.5 Å². The molecule has 0 aliphatic carbocycles. The van der Waals surface area contributed by atoms with E-state index in [1.807, 2.05) is 6.07 Å². The van der Waals surface area contributed by atoms with Gasteiger partial charge in [0.25, 0.3) is 0 Å². The SMILES string of the molecule is ClCC1(Cl)Nc2ccc(Cl)cc2N1.